The van der Waals surface area contributed by atoms with E-state index in [9.17, 15) is 9.59 Å². The van der Waals surface area contributed by atoms with Crippen LogP contribution in [0.4, 0.5) is 0 Å². The molecule has 0 aliphatic heterocycles. The number of carbonyl (C=O) groups is 1. The summed E-state index contributed by atoms with van der Waals surface area (Å²) in [5.74, 6) is -0.0239. The second kappa shape index (κ2) is 4.97. The van der Waals surface area contributed by atoms with Crippen LogP contribution in [0.2, 0.25) is 0 Å². The molecule has 0 amide bonds. The van der Waals surface area contributed by atoms with Crippen molar-refractivity contribution in [2.75, 3.05) is 7.11 Å². The first-order valence-electron chi connectivity index (χ1n) is 5.51. The third-order valence-corrected chi connectivity index (χ3v) is 2.46. The molecule has 2 aromatic rings. The molecule has 0 aliphatic rings. The molecule has 98 valence electrons. The van der Waals surface area contributed by atoms with Crippen LogP contribution in [0.3, 0.4) is 0 Å². The van der Waals surface area contributed by atoms with Crippen molar-refractivity contribution < 1.29 is 18.7 Å². The predicted octanol–water partition coefficient (Wildman–Crippen LogP) is 2.28. The van der Waals surface area contributed by atoms with Gasteiger partial charge in [-0.15, -0.1) is 0 Å². The van der Waals surface area contributed by atoms with Gasteiger partial charge in [-0.2, -0.15) is 0 Å². The zero-order valence-corrected chi connectivity index (χ0v) is 10.6. The normalized spacial score (nSPS) is 10.2. The van der Waals surface area contributed by atoms with Crippen LogP contribution in [-0.4, -0.2) is 13.1 Å². The summed E-state index contributed by atoms with van der Waals surface area (Å²) in [7, 11) is 1.46. The number of hydrogen-bond donors (Lipinski definition) is 0. The van der Waals surface area contributed by atoms with Crippen molar-refractivity contribution in [2.24, 2.45) is 0 Å². The van der Waals surface area contributed by atoms with Crippen molar-refractivity contribution in [3.63, 3.8) is 0 Å². The highest BCUT2D eigenvalue weighted by Gasteiger charge is 2.13. The predicted molar refractivity (Wildman–Crippen MR) is 69.5 cm³/mol. The lowest BCUT2D eigenvalue weighted by molar-refractivity contribution is -0.130. The van der Waals surface area contributed by atoms with Crippen molar-refractivity contribution in [3.05, 3.63) is 46.8 Å². The van der Waals surface area contributed by atoms with Crippen molar-refractivity contribution >= 4 is 16.9 Å². The first-order chi connectivity index (χ1) is 9.01. The van der Waals surface area contributed by atoms with Gasteiger partial charge in [-0.1, -0.05) is 6.58 Å². The summed E-state index contributed by atoms with van der Waals surface area (Å²) in [5, 5.41) is 0.673. The highest BCUT2D eigenvalue weighted by molar-refractivity contribution is 5.90. The summed E-state index contributed by atoms with van der Waals surface area (Å²) in [6.45, 7) is 5.03. The van der Waals surface area contributed by atoms with Gasteiger partial charge in [-0.25, -0.2) is 9.59 Å². The molecule has 5 nitrogen and oxygen atoms in total. The van der Waals surface area contributed by atoms with Crippen LogP contribution < -0.4 is 15.1 Å². The summed E-state index contributed by atoms with van der Waals surface area (Å²) < 4.78 is 15.3. The van der Waals surface area contributed by atoms with E-state index in [0.717, 1.165) is 0 Å². The van der Waals surface area contributed by atoms with Gasteiger partial charge in [0.1, 0.15) is 5.58 Å². The van der Waals surface area contributed by atoms with E-state index in [1.54, 1.807) is 12.1 Å². The first-order valence-corrected chi connectivity index (χ1v) is 5.51. The lowest BCUT2D eigenvalue weighted by Crippen LogP contribution is -2.09. The Morgan fingerprint density at radius 1 is 1.26 bits per heavy atom. The van der Waals surface area contributed by atoms with Crippen molar-refractivity contribution in [3.8, 4) is 11.5 Å². The lowest BCUT2D eigenvalue weighted by atomic mass is 10.2. The van der Waals surface area contributed by atoms with Crippen LogP contribution in [0.1, 0.15) is 6.92 Å². The Balaban J connectivity index is 2.55. The third kappa shape index (κ3) is 2.65. The number of carbonyl (C=O) groups excluding carboxylic acids is 1. The van der Waals surface area contributed by atoms with E-state index in [4.69, 9.17) is 13.9 Å². The average molecular weight is 260 g/mol. The number of methoxy groups -OCH3 is 1. The average Bonchev–Trinajstić information content (AvgIpc) is 2.37. The number of esters is 1. The molecule has 2 rings (SSSR count). The Bertz CT molecular complexity index is 711. The second-order valence-electron chi connectivity index (χ2n) is 3.97. The third-order valence-electron chi connectivity index (χ3n) is 2.46. The van der Waals surface area contributed by atoms with Gasteiger partial charge < -0.3 is 13.9 Å². The van der Waals surface area contributed by atoms with Crippen LogP contribution in [0.15, 0.2) is 45.6 Å². The van der Waals surface area contributed by atoms with Gasteiger partial charge in [0, 0.05) is 23.1 Å². The van der Waals surface area contributed by atoms with E-state index in [1.165, 1.54) is 26.2 Å². The number of ether oxygens (including phenoxy) is 2. The minimum absolute atomic E-state index is 0.178. The smallest absolute Gasteiger partial charge is 0.338 e. The van der Waals surface area contributed by atoms with E-state index in [-0.39, 0.29) is 11.3 Å². The van der Waals surface area contributed by atoms with Crippen LogP contribution >= 0.6 is 0 Å². The van der Waals surface area contributed by atoms with Gasteiger partial charge in [-0.3, -0.25) is 0 Å². The molecule has 0 unspecified atom stereocenters. The fraction of sp³-hybridized carbons (Fsp3) is 0.143. The standard InChI is InChI=1S/C14H12O5/c1-8(2)14(16)19-12-7-10-9(6-11(12)17-3)4-5-13(15)18-10/h4-7H,1H2,2-3H3. The zero-order valence-electron chi connectivity index (χ0n) is 10.6. The maximum atomic E-state index is 11.5. The maximum absolute atomic E-state index is 11.5. The van der Waals surface area contributed by atoms with Gasteiger partial charge in [0.05, 0.1) is 7.11 Å². The Labute approximate surface area is 109 Å². The minimum atomic E-state index is -0.573. The van der Waals surface area contributed by atoms with Crippen molar-refractivity contribution in [1.82, 2.24) is 0 Å². The summed E-state index contributed by atoms with van der Waals surface area (Å²) in [6, 6.07) is 5.98. The molecule has 0 atom stereocenters. The summed E-state index contributed by atoms with van der Waals surface area (Å²) in [5.41, 5.74) is 0.101. The minimum Gasteiger partial charge on any atom is -0.493 e. The fourth-order valence-electron chi connectivity index (χ4n) is 1.50. The van der Waals surface area contributed by atoms with Gasteiger partial charge in [0.25, 0.3) is 0 Å². The zero-order chi connectivity index (χ0) is 14.0. The molecule has 0 fully saturated rings. The number of fused-ring (bicyclic) bond motifs is 1. The largest absolute Gasteiger partial charge is 0.493 e. The molecule has 1 aromatic heterocycles. The molecule has 5 heteroatoms. The second-order valence-corrected chi connectivity index (χ2v) is 3.97. The summed E-state index contributed by atoms with van der Waals surface area (Å²) >= 11 is 0. The monoisotopic (exact) mass is 260 g/mol. The molecule has 0 radical (unpaired) electrons. The molecule has 1 heterocycles. The van der Waals surface area contributed by atoms with Crippen LogP contribution in [0.5, 0.6) is 11.5 Å². The lowest BCUT2D eigenvalue weighted by Gasteiger charge is -2.09. The van der Waals surface area contributed by atoms with Crippen molar-refractivity contribution in [2.45, 2.75) is 6.92 Å². The molecule has 0 saturated heterocycles. The van der Waals surface area contributed by atoms with Gasteiger partial charge >= 0.3 is 11.6 Å². The maximum Gasteiger partial charge on any atom is 0.338 e. The SMILES string of the molecule is C=C(C)C(=O)Oc1cc2oc(=O)ccc2cc1OC. The Morgan fingerprint density at radius 2 is 2.00 bits per heavy atom. The number of hydrogen-bond acceptors (Lipinski definition) is 5. The Morgan fingerprint density at radius 3 is 2.63 bits per heavy atom. The van der Waals surface area contributed by atoms with E-state index < -0.39 is 11.6 Å². The molecule has 0 bridgehead atoms. The molecule has 1 aromatic carbocycles. The van der Waals surface area contributed by atoms with Crippen LogP contribution in [-0.2, 0) is 4.79 Å². The van der Waals surface area contributed by atoms with E-state index in [0.29, 0.717) is 16.7 Å². The molecule has 0 spiro atoms. The number of rotatable bonds is 3. The van der Waals surface area contributed by atoms with E-state index in [1.807, 2.05) is 0 Å². The molecule has 19 heavy (non-hydrogen) atoms. The van der Waals surface area contributed by atoms with Gasteiger partial charge in [0.2, 0.25) is 0 Å². The highest BCUT2D eigenvalue weighted by atomic mass is 16.6. The van der Waals surface area contributed by atoms with Crippen molar-refractivity contribution in [1.29, 1.82) is 0 Å². The molecule has 0 saturated carbocycles. The molecule has 0 N–H and O–H groups in total. The summed E-state index contributed by atoms with van der Waals surface area (Å²) in [4.78, 5) is 22.7. The van der Waals surface area contributed by atoms with Crippen LogP contribution in [0.25, 0.3) is 11.0 Å². The van der Waals surface area contributed by atoms with Crippen LogP contribution in [0, 0.1) is 0 Å². The quantitative estimate of drug-likeness (QED) is 0.366. The van der Waals surface area contributed by atoms with Gasteiger partial charge in [-0.05, 0) is 19.1 Å². The molecular weight excluding hydrogens is 248 g/mol. The Hall–Kier alpha value is -2.56. The van der Waals surface area contributed by atoms with E-state index >= 15 is 0 Å². The Kier molecular flexibility index (Phi) is 3.37. The molecular formula is C14H12O5. The summed E-state index contributed by atoms with van der Waals surface area (Å²) in [6.07, 6.45) is 0. The highest BCUT2D eigenvalue weighted by Crippen LogP contribution is 2.32. The van der Waals surface area contributed by atoms with Gasteiger partial charge in [0.15, 0.2) is 11.5 Å². The van der Waals surface area contributed by atoms with E-state index in [2.05, 4.69) is 6.58 Å². The molecule has 0 aliphatic carbocycles. The first kappa shape index (κ1) is 12.9. The topological polar surface area (TPSA) is 65.7 Å². The number of benzene rings is 1. The fourth-order valence-corrected chi connectivity index (χ4v) is 1.50.